The Morgan fingerprint density at radius 3 is 2.35 bits per heavy atom. The summed E-state index contributed by atoms with van der Waals surface area (Å²) >= 11 is 0. The first-order valence-corrected chi connectivity index (χ1v) is 7.71. The molecule has 8 heteroatoms. The molecule has 8 nitrogen and oxygen atoms in total. The molecule has 0 saturated heterocycles. The van der Waals surface area contributed by atoms with E-state index in [9.17, 15) is 14.4 Å². The summed E-state index contributed by atoms with van der Waals surface area (Å²) in [6, 6.07) is 11.4. The minimum Gasteiger partial charge on any atom is -0.322 e. The first-order chi connectivity index (χ1) is 12.6. The van der Waals surface area contributed by atoms with Crippen molar-refractivity contribution >= 4 is 17.8 Å². The zero-order valence-electron chi connectivity index (χ0n) is 13.6. The van der Waals surface area contributed by atoms with Crippen molar-refractivity contribution < 1.29 is 19.2 Å². The van der Waals surface area contributed by atoms with E-state index in [0.717, 1.165) is 5.56 Å². The summed E-state index contributed by atoms with van der Waals surface area (Å²) in [5.74, 6) is -2.25. The lowest BCUT2D eigenvalue weighted by atomic mass is 10.1. The summed E-state index contributed by atoms with van der Waals surface area (Å²) in [5, 5.41) is 4.56. The van der Waals surface area contributed by atoms with Crippen molar-refractivity contribution in [3.05, 3.63) is 71.7 Å². The molecule has 0 radical (unpaired) electrons. The Morgan fingerprint density at radius 1 is 1.04 bits per heavy atom. The molecule has 1 aliphatic rings. The van der Waals surface area contributed by atoms with Crippen molar-refractivity contribution in [2.24, 2.45) is 7.05 Å². The van der Waals surface area contributed by atoms with Gasteiger partial charge in [0.25, 0.3) is 11.8 Å². The molecule has 0 aliphatic carbocycles. The fourth-order valence-corrected chi connectivity index (χ4v) is 2.73. The molecule has 3 heterocycles. The van der Waals surface area contributed by atoms with Crippen LogP contribution in [-0.4, -0.2) is 37.6 Å². The summed E-state index contributed by atoms with van der Waals surface area (Å²) in [7, 11) is 1.67. The van der Waals surface area contributed by atoms with Crippen LogP contribution in [0.5, 0.6) is 0 Å². The summed E-state index contributed by atoms with van der Waals surface area (Å²) < 4.78 is 1.50. The molecule has 3 aromatic rings. The molecule has 0 saturated carbocycles. The zero-order chi connectivity index (χ0) is 18.3. The lowest BCUT2D eigenvalue weighted by Gasteiger charge is -2.11. The molecule has 2 aromatic heterocycles. The maximum Gasteiger partial charge on any atom is 0.384 e. The maximum atomic E-state index is 12.4. The summed E-state index contributed by atoms with van der Waals surface area (Å²) in [6.45, 7) is 0. The normalized spacial score (nSPS) is 13.0. The molecular weight excluding hydrogens is 336 g/mol. The van der Waals surface area contributed by atoms with E-state index < -0.39 is 17.8 Å². The van der Waals surface area contributed by atoms with Gasteiger partial charge in [-0.05, 0) is 30.3 Å². The van der Waals surface area contributed by atoms with Crippen LogP contribution in [0.2, 0.25) is 0 Å². The van der Waals surface area contributed by atoms with Gasteiger partial charge in [0.15, 0.2) is 5.69 Å². The summed E-state index contributed by atoms with van der Waals surface area (Å²) in [5.41, 5.74) is 1.78. The highest BCUT2D eigenvalue weighted by molar-refractivity contribution is 6.21. The van der Waals surface area contributed by atoms with Crippen LogP contribution in [0.4, 0.5) is 0 Å². The van der Waals surface area contributed by atoms with E-state index in [1.807, 2.05) is 6.07 Å². The Bertz CT molecular complexity index is 1010. The first-order valence-electron chi connectivity index (χ1n) is 7.71. The summed E-state index contributed by atoms with van der Waals surface area (Å²) in [4.78, 5) is 45.9. The zero-order valence-corrected chi connectivity index (χ0v) is 13.6. The van der Waals surface area contributed by atoms with Crippen LogP contribution in [0.3, 0.4) is 0 Å². The Hall–Kier alpha value is -3.81. The Labute approximate surface area is 147 Å². The molecule has 0 unspecified atom stereocenters. The van der Waals surface area contributed by atoms with Gasteiger partial charge in [0, 0.05) is 25.0 Å². The highest BCUT2D eigenvalue weighted by Crippen LogP contribution is 2.24. The molecular formula is C18H12N4O4. The number of amides is 2. The average Bonchev–Trinajstić information content (AvgIpc) is 3.17. The fourth-order valence-electron chi connectivity index (χ4n) is 2.73. The van der Waals surface area contributed by atoms with Crippen LogP contribution in [0.1, 0.15) is 31.2 Å². The van der Waals surface area contributed by atoms with Gasteiger partial charge in [-0.3, -0.25) is 19.3 Å². The van der Waals surface area contributed by atoms with E-state index in [2.05, 4.69) is 10.1 Å². The number of aromatic nitrogens is 3. The van der Waals surface area contributed by atoms with E-state index >= 15 is 0 Å². The number of hydrogen-bond donors (Lipinski definition) is 0. The second-order valence-corrected chi connectivity index (χ2v) is 5.61. The lowest BCUT2D eigenvalue weighted by Crippen LogP contribution is -2.32. The van der Waals surface area contributed by atoms with Crippen LogP contribution >= 0.6 is 0 Å². The highest BCUT2D eigenvalue weighted by Gasteiger charge is 2.39. The number of benzene rings is 1. The third-order valence-electron chi connectivity index (χ3n) is 3.98. The van der Waals surface area contributed by atoms with Crippen molar-refractivity contribution in [3.8, 4) is 11.3 Å². The predicted molar refractivity (Wildman–Crippen MR) is 88.8 cm³/mol. The van der Waals surface area contributed by atoms with E-state index in [1.54, 1.807) is 37.6 Å². The van der Waals surface area contributed by atoms with Gasteiger partial charge in [-0.15, -0.1) is 0 Å². The van der Waals surface area contributed by atoms with E-state index in [-0.39, 0.29) is 16.8 Å². The number of hydrogen-bond acceptors (Lipinski definition) is 6. The minimum absolute atomic E-state index is 0.0251. The van der Waals surface area contributed by atoms with E-state index in [1.165, 1.54) is 22.9 Å². The topological polar surface area (TPSA) is 94.4 Å². The average molecular weight is 348 g/mol. The quantitative estimate of drug-likeness (QED) is 0.671. The molecule has 0 atom stereocenters. The van der Waals surface area contributed by atoms with Crippen LogP contribution in [0.15, 0.2) is 54.9 Å². The van der Waals surface area contributed by atoms with E-state index in [4.69, 9.17) is 4.84 Å². The third-order valence-corrected chi connectivity index (χ3v) is 3.98. The fraction of sp³-hybridized carbons (Fsp3) is 0.0556. The van der Waals surface area contributed by atoms with Crippen LogP contribution in [0.25, 0.3) is 11.3 Å². The molecule has 4 rings (SSSR count). The number of nitrogens with zero attached hydrogens (tertiary/aromatic N) is 4. The molecule has 0 fully saturated rings. The molecule has 26 heavy (non-hydrogen) atoms. The van der Waals surface area contributed by atoms with Crippen molar-refractivity contribution in [3.63, 3.8) is 0 Å². The first kappa shape index (κ1) is 15.7. The van der Waals surface area contributed by atoms with Gasteiger partial charge in [-0.1, -0.05) is 17.2 Å². The molecule has 128 valence electrons. The third kappa shape index (κ3) is 2.44. The molecule has 0 bridgehead atoms. The van der Waals surface area contributed by atoms with Gasteiger partial charge in [0.05, 0.1) is 16.8 Å². The number of hydroxylamine groups is 2. The van der Waals surface area contributed by atoms with Gasteiger partial charge >= 0.3 is 5.97 Å². The molecule has 0 N–H and O–H groups in total. The second-order valence-electron chi connectivity index (χ2n) is 5.61. The molecule has 0 spiro atoms. The monoisotopic (exact) mass is 348 g/mol. The minimum atomic E-state index is -0.898. The smallest absolute Gasteiger partial charge is 0.322 e. The lowest BCUT2D eigenvalue weighted by molar-refractivity contribution is -0.0588. The number of pyridine rings is 1. The van der Waals surface area contributed by atoms with Gasteiger partial charge < -0.3 is 4.84 Å². The number of imide groups is 1. The number of carbonyl (C=O) groups excluding carboxylic acids is 3. The largest absolute Gasteiger partial charge is 0.384 e. The van der Waals surface area contributed by atoms with Crippen molar-refractivity contribution in [1.82, 2.24) is 19.8 Å². The number of fused-ring (bicyclic) bond motifs is 1. The number of carbonyl (C=O) groups is 3. The Balaban J connectivity index is 1.59. The van der Waals surface area contributed by atoms with Crippen molar-refractivity contribution in [2.45, 2.75) is 0 Å². The van der Waals surface area contributed by atoms with Crippen molar-refractivity contribution in [2.75, 3.05) is 0 Å². The van der Waals surface area contributed by atoms with Gasteiger partial charge in [0.1, 0.15) is 0 Å². The maximum absolute atomic E-state index is 12.4. The molecule has 1 aromatic carbocycles. The van der Waals surface area contributed by atoms with Gasteiger partial charge in [0.2, 0.25) is 0 Å². The van der Waals surface area contributed by atoms with Crippen LogP contribution < -0.4 is 0 Å². The van der Waals surface area contributed by atoms with E-state index in [0.29, 0.717) is 10.8 Å². The van der Waals surface area contributed by atoms with Crippen LogP contribution in [-0.2, 0) is 11.9 Å². The number of rotatable bonds is 3. The molecule has 1 aliphatic heterocycles. The SMILES string of the molecule is Cn1nc(C(=O)ON2C(=O)c3ccccc3C2=O)cc1-c1cccnc1. The van der Waals surface area contributed by atoms with Gasteiger partial charge in [-0.2, -0.15) is 5.10 Å². The highest BCUT2D eigenvalue weighted by atomic mass is 16.7. The standard InChI is InChI=1S/C18H12N4O4/c1-21-15(11-5-4-8-19-10-11)9-14(20-21)18(25)26-22-16(23)12-6-2-3-7-13(12)17(22)24/h2-10H,1H3. The Morgan fingerprint density at radius 2 is 1.73 bits per heavy atom. The predicted octanol–water partition coefficient (Wildman–Crippen LogP) is 1.85. The Kier molecular flexibility index (Phi) is 3.58. The second kappa shape index (κ2) is 5.92. The van der Waals surface area contributed by atoms with Crippen molar-refractivity contribution in [1.29, 1.82) is 0 Å². The summed E-state index contributed by atoms with van der Waals surface area (Å²) in [6.07, 6.45) is 3.27. The van der Waals surface area contributed by atoms with Gasteiger partial charge in [-0.25, -0.2) is 4.79 Å². The number of aryl methyl sites for hydroxylation is 1. The van der Waals surface area contributed by atoms with Crippen LogP contribution in [0, 0.1) is 0 Å². The molecule has 2 amide bonds.